The van der Waals surface area contributed by atoms with Crippen LogP contribution in [0.4, 0.5) is 0 Å². The molecule has 0 atom stereocenters. The lowest BCUT2D eigenvalue weighted by Gasteiger charge is -2.26. The fourth-order valence-electron chi connectivity index (χ4n) is 2.59. The maximum atomic E-state index is 11.5. The van der Waals surface area contributed by atoms with Crippen molar-refractivity contribution in [2.75, 3.05) is 13.1 Å². The molecule has 1 aliphatic heterocycles. The van der Waals surface area contributed by atoms with Gasteiger partial charge in [0.2, 0.25) is 5.91 Å². The first kappa shape index (κ1) is 9.75. The van der Waals surface area contributed by atoms with Gasteiger partial charge in [0, 0.05) is 19.5 Å². The fraction of sp³-hybridized carbons (Fsp3) is 0.750. The van der Waals surface area contributed by atoms with Crippen LogP contribution in [0.5, 0.6) is 0 Å². The molecule has 2 rings (SSSR count). The first-order chi connectivity index (χ1) is 6.75. The van der Waals surface area contributed by atoms with Crippen LogP contribution >= 0.6 is 0 Å². The Kier molecular flexibility index (Phi) is 2.90. The Morgan fingerprint density at radius 2 is 2.00 bits per heavy atom. The minimum atomic E-state index is 0.292. The number of carbonyl (C=O) groups excluding carboxylic acids is 1. The number of carbonyl (C=O) groups is 1. The predicted octanol–water partition coefficient (Wildman–Crippen LogP) is 2.36. The third-order valence-electron chi connectivity index (χ3n) is 3.37. The van der Waals surface area contributed by atoms with Crippen LogP contribution in [-0.2, 0) is 4.79 Å². The van der Waals surface area contributed by atoms with E-state index >= 15 is 0 Å². The van der Waals surface area contributed by atoms with Gasteiger partial charge in [-0.15, -0.1) is 0 Å². The van der Waals surface area contributed by atoms with E-state index in [1.54, 1.807) is 0 Å². The second-order valence-electron chi connectivity index (χ2n) is 4.71. The van der Waals surface area contributed by atoms with E-state index in [9.17, 15) is 4.79 Å². The van der Waals surface area contributed by atoms with Gasteiger partial charge in [0.25, 0.3) is 0 Å². The summed E-state index contributed by atoms with van der Waals surface area (Å²) in [6.45, 7) is 5.68. The van der Waals surface area contributed by atoms with Gasteiger partial charge in [-0.3, -0.25) is 4.79 Å². The van der Waals surface area contributed by atoms with Crippen molar-refractivity contribution in [3.8, 4) is 0 Å². The molecule has 2 fully saturated rings. The first-order valence-electron chi connectivity index (χ1n) is 5.70. The van der Waals surface area contributed by atoms with Crippen LogP contribution in [-0.4, -0.2) is 23.9 Å². The normalized spacial score (nSPS) is 24.7. The molecule has 1 saturated carbocycles. The summed E-state index contributed by atoms with van der Waals surface area (Å²) in [6, 6.07) is 0. The third kappa shape index (κ3) is 2.17. The van der Waals surface area contributed by atoms with Crippen molar-refractivity contribution in [1.82, 2.24) is 4.90 Å². The van der Waals surface area contributed by atoms with Gasteiger partial charge in [-0.05, 0) is 24.3 Å². The van der Waals surface area contributed by atoms with Gasteiger partial charge in [-0.1, -0.05) is 25.8 Å². The molecule has 0 unspecified atom stereocenters. The van der Waals surface area contributed by atoms with Gasteiger partial charge >= 0.3 is 0 Å². The Bertz CT molecular complexity index is 241. The highest BCUT2D eigenvalue weighted by molar-refractivity contribution is 5.82. The number of likely N-dealkylation sites (tertiary alicyclic amines) is 1. The topological polar surface area (TPSA) is 20.3 Å². The van der Waals surface area contributed by atoms with Crippen LogP contribution in [0.15, 0.2) is 12.2 Å². The summed E-state index contributed by atoms with van der Waals surface area (Å²) < 4.78 is 0. The second-order valence-corrected chi connectivity index (χ2v) is 4.71. The molecule has 1 amide bonds. The van der Waals surface area contributed by atoms with E-state index in [0.717, 1.165) is 24.6 Å². The van der Waals surface area contributed by atoms with E-state index in [0.29, 0.717) is 12.3 Å². The minimum absolute atomic E-state index is 0.292. The smallest absolute Gasteiger partial charge is 0.227 e. The lowest BCUT2D eigenvalue weighted by atomic mass is 9.89. The highest BCUT2D eigenvalue weighted by Gasteiger charge is 2.26. The standard InChI is InChI=1S/C12H19NO/c1-10-7-12(14)13(8-10)9-11-5-3-2-4-6-11/h11H,1-9H2. The Morgan fingerprint density at radius 3 is 2.57 bits per heavy atom. The molecular weight excluding hydrogens is 174 g/mol. The molecule has 2 heteroatoms. The molecule has 1 heterocycles. The maximum absolute atomic E-state index is 11.5. The lowest BCUT2D eigenvalue weighted by molar-refractivity contribution is -0.128. The largest absolute Gasteiger partial charge is 0.338 e. The molecule has 0 spiro atoms. The molecule has 0 N–H and O–H groups in total. The third-order valence-corrected chi connectivity index (χ3v) is 3.37. The molecule has 0 radical (unpaired) electrons. The van der Waals surface area contributed by atoms with E-state index in [-0.39, 0.29) is 0 Å². The minimum Gasteiger partial charge on any atom is -0.338 e. The van der Waals surface area contributed by atoms with Crippen molar-refractivity contribution in [3.63, 3.8) is 0 Å². The van der Waals surface area contributed by atoms with E-state index in [1.165, 1.54) is 32.1 Å². The van der Waals surface area contributed by atoms with Crippen molar-refractivity contribution in [2.24, 2.45) is 5.92 Å². The lowest BCUT2D eigenvalue weighted by Crippen LogP contribution is -2.31. The van der Waals surface area contributed by atoms with E-state index in [1.807, 2.05) is 4.90 Å². The number of hydrogen-bond donors (Lipinski definition) is 0. The molecule has 14 heavy (non-hydrogen) atoms. The molecule has 1 saturated heterocycles. The van der Waals surface area contributed by atoms with Gasteiger partial charge in [0.15, 0.2) is 0 Å². The van der Waals surface area contributed by atoms with Crippen molar-refractivity contribution >= 4 is 5.91 Å². The summed E-state index contributed by atoms with van der Waals surface area (Å²) >= 11 is 0. The molecule has 78 valence electrons. The molecule has 0 aromatic rings. The van der Waals surface area contributed by atoms with Gasteiger partial charge < -0.3 is 4.90 Å². The van der Waals surface area contributed by atoms with E-state index < -0.39 is 0 Å². The zero-order valence-corrected chi connectivity index (χ0v) is 8.80. The summed E-state index contributed by atoms with van der Waals surface area (Å²) in [7, 11) is 0. The molecule has 0 bridgehead atoms. The summed E-state index contributed by atoms with van der Waals surface area (Å²) in [5, 5.41) is 0. The van der Waals surface area contributed by atoms with Crippen LogP contribution in [0.3, 0.4) is 0 Å². The highest BCUT2D eigenvalue weighted by Crippen LogP contribution is 2.26. The number of nitrogens with zero attached hydrogens (tertiary/aromatic N) is 1. The SMILES string of the molecule is C=C1CC(=O)N(CC2CCCCC2)C1. The van der Waals surface area contributed by atoms with Gasteiger partial charge in [0.05, 0.1) is 0 Å². The summed E-state index contributed by atoms with van der Waals surface area (Å²) in [5.41, 5.74) is 1.09. The summed E-state index contributed by atoms with van der Waals surface area (Å²) in [4.78, 5) is 13.5. The van der Waals surface area contributed by atoms with Gasteiger partial charge in [0.1, 0.15) is 0 Å². The Morgan fingerprint density at radius 1 is 1.29 bits per heavy atom. The summed E-state index contributed by atoms with van der Waals surface area (Å²) in [6.07, 6.45) is 7.32. The number of rotatable bonds is 2. The Balaban J connectivity index is 1.84. The average molecular weight is 193 g/mol. The monoisotopic (exact) mass is 193 g/mol. The van der Waals surface area contributed by atoms with Crippen molar-refractivity contribution in [2.45, 2.75) is 38.5 Å². The molecule has 0 aromatic heterocycles. The van der Waals surface area contributed by atoms with E-state index in [4.69, 9.17) is 0 Å². The number of amides is 1. The van der Waals surface area contributed by atoms with Crippen LogP contribution in [0.1, 0.15) is 38.5 Å². The fourth-order valence-corrected chi connectivity index (χ4v) is 2.59. The number of hydrogen-bond acceptors (Lipinski definition) is 1. The quantitative estimate of drug-likeness (QED) is 0.616. The van der Waals surface area contributed by atoms with Crippen molar-refractivity contribution in [3.05, 3.63) is 12.2 Å². The average Bonchev–Trinajstić information content (AvgIpc) is 2.47. The first-order valence-corrected chi connectivity index (χ1v) is 5.70. The highest BCUT2D eigenvalue weighted by atomic mass is 16.2. The molecule has 2 nitrogen and oxygen atoms in total. The van der Waals surface area contributed by atoms with Crippen molar-refractivity contribution < 1.29 is 4.79 Å². The van der Waals surface area contributed by atoms with Crippen LogP contribution < -0.4 is 0 Å². The van der Waals surface area contributed by atoms with Crippen molar-refractivity contribution in [1.29, 1.82) is 0 Å². The van der Waals surface area contributed by atoms with Crippen LogP contribution in [0, 0.1) is 5.92 Å². The Labute approximate surface area is 86.0 Å². The van der Waals surface area contributed by atoms with Crippen LogP contribution in [0.2, 0.25) is 0 Å². The molecule has 2 aliphatic rings. The molecular formula is C12H19NO. The zero-order valence-electron chi connectivity index (χ0n) is 8.80. The predicted molar refractivity (Wildman–Crippen MR) is 56.9 cm³/mol. The Hall–Kier alpha value is -0.790. The zero-order chi connectivity index (χ0) is 9.97. The second kappa shape index (κ2) is 4.16. The van der Waals surface area contributed by atoms with E-state index in [2.05, 4.69) is 6.58 Å². The molecule has 0 aromatic carbocycles. The van der Waals surface area contributed by atoms with Crippen LogP contribution in [0.25, 0.3) is 0 Å². The van der Waals surface area contributed by atoms with Gasteiger partial charge in [-0.25, -0.2) is 0 Å². The molecule has 1 aliphatic carbocycles. The maximum Gasteiger partial charge on any atom is 0.227 e. The van der Waals surface area contributed by atoms with Gasteiger partial charge in [-0.2, -0.15) is 0 Å². The summed E-state index contributed by atoms with van der Waals surface area (Å²) in [5.74, 6) is 1.05.